The Morgan fingerprint density at radius 1 is 1.08 bits per heavy atom. The molecule has 0 aliphatic carbocycles. The molecule has 0 radical (unpaired) electrons. The SMILES string of the molecule is CCNC(=O)c1ccccc1NC(=S)NC(=O)c1cccc(I)c1. The minimum Gasteiger partial charge on any atom is -0.352 e. The average molecular weight is 453 g/mol. The van der Waals surface area contributed by atoms with Crippen LogP contribution >= 0.6 is 34.8 Å². The maximum absolute atomic E-state index is 12.2. The first-order valence-electron chi connectivity index (χ1n) is 7.26. The summed E-state index contributed by atoms with van der Waals surface area (Å²) in [5, 5.41) is 8.39. The molecule has 0 aliphatic heterocycles. The van der Waals surface area contributed by atoms with Gasteiger partial charge in [-0.3, -0.25) is 14.9 Å². The second-order valence-corrected chi connectivity index (χ2v) is 6.48. The number of carbonyl (C=O) groups is 2. The van der Waals surface area contributed by atoms with Gasteiger partial charge in [-0.25, -0.2) is 0 Å². The fourth-order valence-corrected chi connectivity index (χ4v) is 2.75. The summed E-state index contributed by atoms with van der Waals surface area (Å²) in [5.74, 6) is -0.506. The highest BCUT2D eigenvalue weighted by Gasteiger charge is 2.13. The van der Waals surface area contributed by atoms with E-state index in [-0.39, 0.29) is 16.9 Å². The van der Waals surface area contributed by atoms with Crippen molar-refractivity contribution in [3.05, 3.63) is 63.2 Å². The van der Waals surface area contributed by atoms with Crippen molar-refractivity contribution in [2.45, 2.75) is 6.92 Å². The number of rotatable bonds is 4. The van der Waals surface area contributed by atoms with Crippen molar-refractivity contribution in [2.24, 2.45) is 0 Å². The van der Waals surface area contributed by atoms with Crippen LogP contribution in [0.4, 0.5) is 5.69 Å². The summed E-state index contributed by atoms with van der Waals surface area (Å²) >= 11 is 7.32. The fraction of sp³-hybridized carbons (Fsp3) is 0.118. The number of hydrogen-bond donors (Lipinski definition) is 3. The summed E-state index contributed by atoms with van der Waals surface area (Å²) in [5.41, 5.74) is 1.52. The number of carbonyl (C=O) groups excluding carboxylic acids is 2. The number of hydrogen-bond acceptors (Lipinski definition) is 3. The molecule has 2 aromatic rings. The molecule has 0 heterocycles. The Bertz CT molecular complexity index is 780. The zero-order chi connectivity index (χ0) is 17.5. The van der Waals surface area contributed by atoms with Crippen molar-refractivity contribution in [1.29, 1.82) is 0 Å². The summed E-state index contributed by atoms with van der Waals surface area (Å²) in [4.78, 5) is 24.2. The summed E-state index contributed by atoms with van der Waals surface area (Å²) in [6.45, 7) is 2.38. The van der Waals surface area contributed by atoms with Crippen molar-refractivity contribution in [3.63, 3.8) is 0 Å². The summed E-state index contributed by atoms with van der Waals surface area (Å²) in [7, 11) is 0. The van der Waals surface area contributed by atoms with Gasteiger partial charge in [-0.1, -0.05) is 18.2 Å². The van der Waals surface area contributed by atoms with Gasteiger partial charge in [0.05, 0.1) is 11.3 Å². The van der Waals surface area contributed by atoms with E-state index in [4.69, 9.17) is 12.2 Å². The maximum atomic E-state index is 12.2. The highest BCUT2D eigenvalue weighted by molar-refractivity contribution is 14.1. The smallest absolute Gasteiger partial charge is 0.257 e. The molecular formula is C17H16IN3O2S. The van der Waals surface area contributed by atoms with E-state index in [1.807, 2.05) is 13.0 Å². The van der Waals surface area contributed by atoms with Gasteiger partial charge >= 0.3 is 0 Å². The van der Waals surface area contributed by atoms with Crippen molar-refractivity contribution in [1.82, 2.24) is 10.6 Å². The highest BCUT2D eigenvalue weighted by Crippen LogP contribution is 2.15. The lowest BCUT2D eigenvalue weighted by atomic mass is 10.1. The van der Waals surface area contributed by atoms with Crippen LogP contribution in [0.3, 0.4) is 0 Å². The van der Waals surface area contributed by atoms with Crippen LogP contribution in [0, 0.1) is 3.57 Å². The van der Waals surface area contributed by atoms with Gasteiger partial charge in [-0.2, -0.15) is 0 Å². The average Bonchev–Trinajstić information content (AvgIpc) is 2.55. The Kier molecular flexibility index (Phi) is 6.68. The van der Waals surface area contributed by atoms with Gasteiger partial charge in [-0.15, -0.1) is 0 Å². The lowest BCUT2D eigenvalue weighted by Gasteiger charge is -2.13. The quantitative estimate of drug-likeness (QED) is 0.492. The van der Waals surface area contributed by atoms with Crippen LogP contribution in [0.25, 0.3) is 0 Å². The van der Waals surface area contributed by atoms with E-state index in [0.29, 0.717) is 23.4 Å². The normalized spacial score (nSPS) is 9.92. The zero-order valence-corrected chi connectivity index (χ0v) is 15.9. The number of nitrogens with one attached hydrogen (secondary N) is 3. The van der Waals surface area contributed by atoms with Gasteiger partial charge in [-0.05, 0) is 72.1 Å². The molecule has 2 amide bonds. The van der Waals surface area contributed by atoms with E-state index in [1.54, 1.807) is 42.5 Å². The largest absolute Gasteiger partial charge is 0.352 e. The molecule has 24 heavy (non-hydrogen) atoms. The van der Waals surface area contributed by atoms with Crippen LogP contribution in [0.2, 0.25) is 0 Å². The topological polar surface area (TPSA) is 70.2 Å². The van der Waals surface area contributed by atoms with Gasteiger partial charge in [0.25, 0.3) is 11.8 Å². The van der Waals surface area contributed by atoms with E-state index < -0.39 is 0 Å². The Hall–Kier alpha value is -2.00. The van der Waals surface area contributed by atoms with E-state index in [9.17, 15) is 9.59 Å². The fourth-order valence-electron chi connectivity index (χ4n) is 2.00. The molecule has 0 saturated heterocycles. The maximum Gasteiger partial charge on any atom is 0.257 e. The van der Waals surface area contributed by atoms with Crippen LogP contribution in [0.5, 0.6) is 0 Å². The minimum absolute atomic E-state index is 0.135. The predicted octanol–water partition coefficient (Wildman–Crippen LogP) is 3.17. The Morgan fingerprint density at radius 3 is 2.54 bits per heavy atom. The number of benzene rings is 2. The van der Waals surface area contributed by atoms with Crippen molar-refractivity contribution in [2.75, 3.05) is 11.9 Å². The van der Waals surface area contributed by atoms with E-state index in [1.165, 1.54) is 0 Å². The van der Waals surface area contributed by atoms with E-state index >= 15 is 0 Å². The van der Waals surface area contributed by atoms with Gasteiger partial charge < -0.3 is 10.6 Å². The molecule has 0 aliphatic rings. The lowest BCUT2D eigenvalue weighted by Crippen LogP contribution is -2.35. The van der Waals surface area contributed by atoms with Crippen molar-refractivity contribution >= 4 is 57.4 Å². The molecule has 0 aromatic heterocycles. The van der Waals surface area contributed by atoms with Crippen LogP contribution in [-0.2, 0) is 0 Å². The molecule has 0 spiro atoms. The summed E-state index contributed by atoms with van der Waals surface area (Å²) in [6.07, 6.45) is 0. The van der Waals surface area contributed by atoms with Gasteiger partial charge in [0.2, 0.25) is 0 Å². The monoisotopic (exact) mass is 453 g/mol. The number of thiocarbonyl (C=S) groups is 1. The Morgan fingerprint density at radius 2 is 1.83 bits per heavy atom. The molecule has 124 valence electrons. The van der Waals surface area contributed by atoms with Crippen molar-refractivity contribution < 1.29 is 9.59 Å². The number of amides is 2. The molecule has 0 atom stereocenters. The zero-order valence-electron chi connectivity index (χ0n) is 12.9. The van der Waals surface area contributed by atoms with Gasteiger partial charge in [0.1, 0.15) is 0 Å². The van der Waals surface area contributed by atoms with E-state index in [2.05, 4.69) is 38.5 Å². The molecule has 2 aromatic carbocycles. The molecule has 0 unspecified atom stereocenters. The third-order valence-electron chi connectivity index (χ3n) is 3.07. The second kappa shape index (κ2) is 8.74. The Labute approximate surface area is 159 Å². The number of halogens is 1. The van der Waals surface area contributed by atoms with Gasteiger partial charge in [0.15, 0.2) is 5.11 Å². The molecule has 3 N–H and O–H groups in total. The second-order valence-electron chi connectivity index (χ2n) is 4.82. The first-order valence-corrected chi connectivity index (χ1v) is 8.75. The third kappa shape index (κ3) is 5.00. The minimum atomic E-state index is -0.304. The summed E-state index contributed by atoms with van der Waals surface area (Å²) in [6, 6.07) is 14.2. The van der Waals surface area contributed by atoms with Crippen LogP contribution < -0.4 is 16.0 Å². The molecule has 0 fully saturated rings. The van der Waals surface area contributed by atoms with Crippen LogP contribution in [0.1, 0.15) is 27.6 Å². The number of anilines is 1. The lowest BCUT2D eigenvalue weighted by molar-refractivity contribution is 0.0954. The highest BCUT2D eigenvalue weighted by atomic mass is 127. The molecule has 0 bridgehead atoms. The molecule has 2 rings (SSSR count). The summed E-state index contributed by atoms with van der Waals surface area (Å²) < 4.78 is 0.959. The van der Waals surface area contributed by atoms with Crippen molar-refractivity contribution in [3.8, 4) is 0 Å². The van der Waals surface area contributed by atoms with Crippen LogP contribution in [-0.4, -0.2) is 23.5 Å². The molecule has 7 heteroatoms. The molecular weight excluding hydrogens is 437 g/mol. The first kappa shape index (κ1) is 18.3. The standard InChI is InChI=1S/C17H16IN3O2S/c1-2-19-16(23)13-8-3-4-9-14(13)20-17(24)21-15(22)11-6-5-7-12(18)10-11/h3-10H,2H2,1H3,(H,19,23)(H2,20,21,22,24). The van der Waals surface area contributed by atoms with Gasteiger partial charge in [0, 0.05) is 15.7 Å². The first-order chi connectivity index (χ1) is 11.5. The molecule has 0 saturated carbocycles. The molecule has 5 nitrogen and oxygen atoms in total. The third-order valence-corrected chi connectivity index (χ3v) is 3.95. The van der Waals surface area contributed by atoms with E-state index in [0.717, 1.165) is 3.57 Å². The predicted molar refractivity (Wildman–Crippen MR) is 107 cm³/mol. The number of para-hydroxylation sites is 1. The Balaban J connectivity index is 2.07. The van der Waals surface area contributed by atoms with Crippen LogP contribution in [0.15, 0.2) is 48.5 Å².